The number of halogens is 1. The second kappa shape index (κ2) is 10.7. The first kappa shape index (κ1) is 20.1. The quantitative estimate of drug-likeness (QED) is 0.556. The second-order valence-corrected chi connectivity index (χ2v) is 6.18. The summed E-state index contributed by atoms with van der Waals surface area (Å²) in [5.74, 6) is -0.373. The van der Waals surface area contributed by atoms with E-state index >= 15 is 0 Å². The SMILES string of the molecule is COCCCNC(=O)CN1CCN(C(=O)/C=C/c2ccc(F)cc2)CC1. The molecular formula is C19H26FN3O3. The zero-order valence-electron chi connectivity index (χ0n) is 15.1. The molecule has 0 bridgehead atoms. The highest BCUT2D eigenvalue weighted by molar-refractivity contribution is 5.91. The molecule has 6 nitrogen and oxygen atoms in total. The third kappa shape index (κ3) is 6.93. The number of hydrogen-bond donors (Lipinski definition) is 1. The first-order valence-corrected chi connectivity index (χ1v) is 8.79. The molecule has 0 radical (unpaired) electrons. The van der Waals surface area contributed by atoms with E-state index in [1.54, 1.807) is 30.2 Å². The van der Waals surface area contributed by atoms with Gasteiger partial charge in [-0.25, -0.2) is 4.39 Å². The predicted molar refractivity (Wildman–Crippen MR) is 98.0 cm³/mol. The predicted octanol–water partition coefficient (Wildman–Crippen LogP) is 1.14. The molecule has 0 atom stereocenters. The van der Waals surface area contributed by atoms with Crippen LogP contribution in [-0.2, 0) is 14.3 Å². The van der Waals surface area contributed by atoms with Crippen LogP contribution in [0.25, 0.3) is 6.08 Å². The van der Waals surface area contributed by atoms with E-state index in [2.05, 4.69) is 5.32 Å². The average Bonchev–Trinajstić information content (AvgIpc) is 2.65. The summed E-state index contributed by atoms with van der Waals surface area (Å²) < 4.78 is 17.8. The van der Waals surface area contributed by atoms with Crippen molar-refractivity contribution in [2.75, 3.05) is 53.0 Å². The van der Waals surface area contributed by atoms with Crippen molar-refractivity contribution < 1.29 is 18.7 Å². The van der Waals surface area contributed by atoms with Gasteiger partial charge in [0.25, 0.3) is 0 Å². The largest absolute Gasteiger partial charge is 0.385 e. The van der Waals surface area contributed by atoms with E-state index in [1.807, 2.05) is 4.90 Å². The van der Waals surface area contributed by atoms with E-state index in [-0.39, 0.29) is 17.6 Å². The minimum absolute atomic E-state index is 0.00270. The number of carbonyl (C=O) groups excluding carboxylic acids is 2. The summed E-state index contributed by atoms with van der Waals surface area (Å²) in [6, 6.07) is 5.98. The van der Waals surface area contributed by atoms with Crippen LogP contribution in [-0.4, -0.2) is 74.6 Å². The van der Waals surface area contributed by atoms with Crippen molar-refractivity contribution in [3.05, 3.63) is 41.7 Å². The summed E-state index contributed by atoms with van der Waals surface area (Å²) in [4.78, 5) is 27.9. The van der Waals surface area contributed by atoms with Gasteiger partial charge in [-0.05, 0) is 30.2 Å². The molecule has 142 valence electrons. The van der Waals surface area contributed by atoms with Crippen molar-refractivity contribution in [2.45, 2.75) is 6.42 Å². The maximum absolute atomic E-state index is 12.9. The molecular weight excluding hydrogens is 337 g/mol. The summed E-state index contributed by atoms with van der Waals surface area (Å²) >= 11 is 0. The molecule has 0 aromatic heterocycles. The Kier molecular flexibility index (Phi) is 8.24. The molecule has 7 heteroatoms. The van der Waals surface area contributed by atoms with Gasteiger partial charge in [-0.1, -0.05) is 12.1 Å². The Labute approximate surface area is 153 Å². The van der Waals surface area contributed by atoms with Crippen LogP contribution in [0, 0.1) is 5.82 Å². The maximum atomic E-state index is 12.9. The van der Waals surface area contributed by atoms with Crippen LogP contribution in [0.1, 0.15) is 12.0 Å². The molecule has 1 aliphatic rings. The smallest absolute Gasteiger partial charge is 0.246 e. The van der Waals surface area contributed by atoms with Gasteiger partial charge in [0.1, 0.15) is 5.82 Å². The summed E-state index contributed by atoms with van der Waals surface area (Å²) in [7, 11) is 1.64. The van der Waals surface area contributed by atoms with E-state index in [0.29, 0.717) is 45.9 Å². The first-order chi connectivity index (χ1) is 12.6. The van der Waals surface area contributed by atoms with E-state index in [1.165, 1.54) is 18.2 Å². The van der Waals surface area contributed by atoms with Crippen LogP contribution in [0.2, 0.25) is 0 Å². The van der Waals surface area contributed by atoms with Gasteiger partial charge in [0.05, 0.1) is 6.54 Å². The number of rotatable bonds is 8. The zero-order valence-corrected chi connectivity index (χ0v) is 15.1. The number of piperazine rings is 1. The standard InChI is InChI=1S/C19H26FN3O3/c1-26-14-2-9-21-18(24)15-22-10-12-23(13-11-22)19(25)8-5-16-3-6-17(20)7-4-16/h3-8H,2,9-15H2,1H3,(H,21,24)/b8-5+. The van der Waals surface area contributed by atoms with Crippen molar-refractivity contribution in [1.29, 1.82) is 0 Å². The monoisotopic (exact) mass is 363 g/mol. The van der Waals surface area contributed by atoms with Crippen molar-refractivity contribution in [3.8, 4) is 0 Å². The highest BCUT2D eigenvalue weighted by Crippen LogP contribution is 2.07. The van der Waals surface area contributed by atoms with Crippen LogP contribution >= 0.6 is 0 Å². The van der Waals surface area contributed by atoms with E-state index < -0.39 is 0 Å². The fraction of sp³-hybridized carbons (Fsp3) is 0.474. The van der Waals surface area contributed by atoms with Gasteiger partial charge in [-0.2, -0.15) is 0 Å². The summed E-state index contributed by atoms with van der Waals surface area (Å²) in [5, 5.41) is 2.86. The Morgan fingerprint density at radius 2 is 1.88 bits per heavy atom. The van der Waals surface area contributed by atoms with Gasteiger partial charge in [0.15, 0.2) is 0 Å². The number of nitrogens with zero attached hydrogens (tertiary/aromatic N) is 2. The molecule has 1 heterocycles. The lowest BCUT2D eigenvalue weighted by Crippen LogP contribution is -2.50. The molecule has 1 N–H and O–H groups in total. The van der Waals surface area contributed by atoms with E-state index in [9.17, 15) is 14.0 Å². The Bertz CT molecular complexity index is 611. The fourth-order valence-electron chi connectivity index (χ4n) is 2.68. The minimum Gasteiger partial charge on any atom is -0.385 e. The Morgan fingerprint density at radius 1 is 1.19 bits per heavy atom. The van der Waals surface area contributed by atoms with Gasteiger partial charge in [0.2, 0.25) is 11.8 Å². The summed E-state index contributed by atoms with van der Waals surface area (Å²) in [6.07, 6.45) is 3.98. The lowest BCUT2D eigenvalue weighted by Gasteiger charge is -2.33. The first-order valence-electron chi connectivity index (χ1n) is 8.79. The number of methoxy groups -OCH3 is 1. The van der Waals surface area contributed by atoms with Crippen molar-refractivity contribution >= 4 is 17.9 Å². The molecule has 26 heavy (non-hydrogen) atoms. The molecule has 1 aliphatic heterocycles. The third-order valence-corrected chi connectivity index (χ3v) is 4.19. The number of carbonyl (C=O) groups is 2. The highest BCUT2D eigenvalue weighted by Gasteiger charge is 2.20. The zero-order chi connectivity index (χ0) is 18.8. The molecule has 0 spiro atoms. The lowest BCUT2D eigenvalue weighted by atomic mass is 10.2. The van der Waals surface area contributed by atoms with E-state index in [4.69, 9.17) is 4.74 Å². The normalized spacial score (nSPS) is 15.4. The van der Waals surface area contributed by atoms with Gasteiger partial charge in [-0.15, -0.1) is 0 Å². The second-order valence-electron chi connectivity index (χ2n) is 6.18. The molecule has 1 aromatic rings. The summed E-state index contributed by atoms with van der Waals surface area (Å²) in [6.45, 7) is 4.10. The van der Waals surface area contributed by atoms with E-state index in [0.717, 1.165) is 12.0 Å². The molecule has 1 saturated heterocycles. The third-order valence-electron chi connectivity index (χ3n) is 4.19. The van der Waals surface area contributed by atoms with Gasteiger partial charge < -0.3 is 15.0 Å². The average molecular weight is 363 g/mol. The molecule has 2 rings (SSSR count). The minimum atomic E-state index is -0.299. The molecule has 0 aliphatic carbocycles. The number of ether oxygens (including phenoxy) is 1. The van der Waals surface area contributed by atoms with Crippen LogP contribution < -0.4 is 5.32 Å². The van der Waals surface area contributed by atoms with Crippen LogP contribution in [0.4, 0.5) is 4.39 Å². The van der Waals surface area contributed by atoms with Crippen LogP contribution in [0.15, 0.2) is 30.3 Å². The molecule has 1 fully saturated rings. The number of hydrogen-bond acceptors (Lipinski definition) is 4. The highest BCUT2D eigenvalue weighted by atomic mass is 19.1. The van der Waals surface area contributed by atoms with Crippen LogP contribution in [0.3, 0.4) is 0 Å². The van der Waals surface area contributed by atoms with Gasteiger partial charge in [0, 0.05) is 52.5 Å². The lowest BCUT2D eigenvalue weighted by molar-refractivity contribution is -0.128. The molecule has 0 unspecified atom stereocenters. The summed E-state index contributed by atoms with van der Waals surface area (Å²) in [5.41, 5.74) is 0.781. The maximum Gasteiger partial charge on any atom is 0.246 e. The molecule has 0 saturated carbocycles. The van der Waals surface area contributed by atoms with Crippen LogP contribution in [0.5, 0.6) is 0 Å². The number of nitrogens with one attached hydrogen (secondary N) is 1. The molecule has 2 amide bonds. The van der Waals surface area contributed by atoms with Gasteiger partial charge in [-0.3, -0.25) is 14.5 Å². The Hall–Kier alpha value is -2.25. The van der Waals surface area contributed by atoms with Crippen molar-refractivity contribution in [1.82, 2.24) is 15.1 Å². The van der Waals surface area contributed by atoms with Gasteiger partial charge >= 0.3 is 0 Å². The van der Waals surface area contributed by atoms with Crippen molar-refractivity contribution in [3.63, 3.8) is 0 Å². The Morgan fingerprint density at radius 3 is 2.54 bits per heavy atom. The van der Waals surface area contributed by atoms with Crippen molar-refractivity contribution in [2.24, 2.45) is 0 Å². The Balaban J connectivity index is 1.69. The number of amides is 2. The fourth-order valence-corrected chi connectivity index (χ4v) is 2.68. The molecule has 1 aromatic carbocycles. The topological polar surface area (TPSA) is 61.9 Å². The number of benzene rings is 1.